The molecule has 3 heterocycles. The lowest BCUT2D eigenvalue weighted by atomic mass is 9.74. The number of urea groups is 1. The number of anilines is 1. The van der Waals surface area contributed by atoms with Gasteiger partial charge in [0.15, 0.2) is 11.3 Å². The Morgan fingerprint density at radius 3 is 2.88 bits per heavy atom. The summed E-state index contributed by atoms with van der Waals surface area (Å²) in [6.45, 7) is 7.46. The van der Waals surface area contributed by atoms with Gasteiger partial charge in [0.2, 0.25) is 0 Å². The standard InChI is InChI=1S/C23H29N5O3S2/c1-4-25-22(31)27-20-18(14-7-5-6-8-16(14)33-20)19(29)15-11-24-10-9-23(15)21(30)26-17(28-23)12-32-13(2)3/h5-8,13,15,24H,4,9-12H2,1-3H3,(H2,25,27,31)(H,26,28,30). The van der Waals surface area contributed by atoms with Crippen molar-refractivity contribution >= 4 is 61.7 Å². The summed E-state index contributed by atoms with van der Waals surface area (Å²) in [6.07, 6.45) is 0.451. The number of hydrogen-bond acceptors (Lipinski definition) is 7. The molecule has 33 heavy (non-hydrogen) atoms. The second-order valence-corrected chi connectivity index (χ2v) is 11.1. The molecule has 3 amide bonds. The second-order valence-electron chi connectivity index (χ2n) is 8.45. The van der Waals surface area contributed by atoms with Crippen LogP contribution in [0, 0.1) is 5.92 Å². The van der Waals surface area contributed by atoms with Crippen LogP contribution in [0.2, 0.25) is 0 Å². The molecule has 4 N–H and O–H groups in total. The van der Waals surface area contributed by atoms with Crippen LogP contribution in [0.15, 0.2) is 29.3 Å². The van der Waals surface area contributed by atoms with Gasteiger partial charge in [0, 0.05) is 23.2 Å². The van der Waals surface area contributed by atoms with Gasteiger partial charge in [-0.1, -0.05) is 32.0 Å². The third kappa shape index (κ3) is 4.64. The number of thioether (sulfide) groups is 1. The maximum atomic E-state index is 14.1. The number of carbonyl (C=O) groups is 3. The van der Waals surface area contributed by atoms with E-state index in [0.29, 0.717) is 53.5 Å². The molecule has 2 aliphatic heterocycles. The smallest absolute Gasteiger partial charge is 0.319 e. The van der Waals surface area contributed by atoms with Crippen LogP contribution < -0.4 is 21.3 Å². The van der Waals surface area contributed by atoms with Crippen molar-refractivity contribution < 1.29 is 14.4 Å². The summed E-state index contributed by atoms with van der Waals surface area (Å²) in [5.74, 6) is 0.183. The summed E-state index contributed by atoms with van der Waals surface area (Å²) in [4.78, 5) is 44.4. The Hall–Kier alpha value is -2.43. The molecule has 176 valence electrons. The number of hydrogen-bond donors (Lipinski definition) is 4. The first-order valence-corrected chi connectivity index (χ1v) is 13.0. The van der Waals surface area contributed by atoms with Crippen molar-refractivity contribution in [3.05, 3.63) is 29.8 Å². The fourth-order valence-electron chi connectivity index (χ4n) is 4.32. The third-order valence-corrected chi connectivity index (χ3v) is 8.06. The van der Waals surface area contributed by atoms with Crippen LogP contribution in [0.25, 0.3) is 10.1 Å². The Balaban J connectivity index is 1.73. The molecule has 2 aliphatic rings. The first-order chi connectivity index (χ1) is 15.9. The highest BCUT2D eigenvalue weighted by Crippen LogP contribution is 2.41. The maximum Gasteiger partial charge on any atom is 0.319 e. The SMILES string of the molecule is CCNC(=O)Nc1sc2ccccc2c1C(=O)C1CNCCC12N=C(CSC(C)C)NC2=O. The summed E-state index contributed by atoms with van der Waals surface area (Å²) < 4.78 is 0.902. The number of rotatable bonds is 7. The molecule has 1 aromatic heterocycles. The zero-order valence-electron chi connectivity index (χ0n) is 19.0. The Bertz CT molecular complexity index is 1110. The number of amides is 3. The van der Waals surface area contributed by atoms with Crippen molar-refractivity contribution in [3.8, 4) is 0 Å². The summed E-state index contributed by atoms with van der Waals surface area (Å²) in [7, 11) is 0. The first-order valence-electron chi connectivity index (χ1n) is 11.2. The molecule has 4 rings (SSSR count). The number of nitrogens with zero attached hydrogens (tertiary/aromatic N) is 1. The molecular weight excluding hydrogens is 458 g/mol. The van der Waals surface area contributed by atoms with Crippen LogP contribution in [0.5, 0.6) is 0 Å². The van der Waals surface area contributed by atoms with Crippen molar-refractivity contribution in [1.29, 1.82) is 0 Å². The van der Waals surface area contributed by atoms with Crippen LogP contribution in [-0.2, 0) is 4.79 Å². The van der Waals surface area contributed by atoms with Crippen molar-refractivity contribution in [1.82, 2.24) is 16.0 Å². The van der Waals surface area contributed by atoms with Crippen LogP contribution >= 0.6 is 23.1 Å². The van der Waals surface area contributed by atoms with Gasteiger partial charge < -0.3 is 16.0 Å². The van der Waals surface area contributed by atoms with Gasteiger partial charge in [0.25, 0.3) is 5.91 Å². The quantitative estimate of drug-likeness (QED) is 0.448. The van der Waals surface area contributed by atoms with E-state index in [1.165, 1.54) is 11.3 Å². The van der Waals surface area contributed by atoms with Gasteiger partial charge in [0.05, 0.1) is 17.2 Å². The molecule has 1 fully saturated rings. The molecular formula is C23H29N5O3S2. The van der Waals surface area contributed by atoms with Crippen molar-refractivity contribution in [2.45, 2.75) is 38.0 Å². The molecule has 0 bridgehead atoms. The average Bonchev–Trinajstić information content (AvgIpc) is 3.29. The zero-order valence-corrected chi connectivity index (χ0v) is 20.6. The zero-order chi connectivity index (χ0) is 23.6. The van der Waals surface area contributed by atoms with Gasteiger partial charge in [-0.2, -0.15) is 11.8 Å². The fourth-order valence-corrected chi connectivity index (χ4v) is 6.05. The number of Topliss-reactive ketones (excluding diaryl/α,β-unsaturated/α-hetero) is 1. The average molecular weight is 488 g/mol. The Labute approximate surface area is 201 Å². The molecule has 10 heteroatoms. The van der Waals surface area contributed by atoms with Gasteiger partial charge in [-0.25, -0.2) is 4.79 Å². The Kier molecular flexibility index (Phi) is 7.06. The Morgan fingerprint density at radius 2 is 2.12 bits per heavy atom. The van der Waals surface area contributed by atoms with Gasteiger partial charge in [-0.15, -0.1) is 11.3 Å². The predicted molar refractivity (Wildman–Crippen MR) is 136 cm³/mol. The first kappa shape index (κ1) is 23.7. The molecule has 2 atom stereocenters. The van der Waals surface area contributed by atoms with E-state index in [4.69, 9.17) is 4.99 Å². The summed E-state index contributed by atoms with van der Waals surface area (Å²) >= 11 is 3.06. The lowest BCUT2D eigenvalue weighted by molar-refractivity contribution is -0.125. The summed E-state index contributed by atoms with van der Waals surface area (Å²) in [5.41, 5.74) is -0.677. The molecule has 0 aliphatic carbocycles. The van der Waals surface area contributed by atoms with E-state index in [1.54, 1.807) is 11.8 Å². The lowest BCUT2D eigenvalue weighted by Gasteiger charge is -2.36. The molecule has 0 saturated carbocycles. The highest BCUT2D eigenvalue weighted by atomic mass is 32.2. The molecule has 8 nitrogen and oxygen atoms in total. The molecule has 1 spiro atoms. The number of piperidine rings is 1. The van der Waals surface area contributed by atoms with E-state index in [0.717, 1.165) is 10.1 Å². The maximum absolute atomic E-state index is 14.1. The van der Waals surface area contributed by atoms with Gasteiger partial charge >= 0.3 is 6.03 Å². The highest BCUT2D eigenvalue weighted by Gasteiger charge is 2.54. The van der Waals surface area contributed by atoms with E-state index < -0.39 is 11.5 Å². The van der Waals surface area contributed by atoms with Crippen LogP contribution in [-0.4, -0.2) is 59.7 Å². The van der Waals surface area contributed by atoms with Crippen LogP contribution in [0.1, 0.15) is 37.6 Å². The molecule has 1 aromatic carbocycles. The molecule has 1 saturated heterocycles. The monoisotopic (exact) mass is 487 g/mol. The van der Waals surface area contributed by atoms with Gasteiger partial charge in [-0.05, 0) is 31.2 Å². The number of nitrogens with one attached hydrogen (secondary N) is 4. The summed E-state index contributed by atoms with van der Waals surface area (Å²) in [6, 6.07) is 7.22. The normalized spacial score (nSPS) is 22.5. The number of amidine groups is 1. The minimum absolute atomic E-state index is 0.178. The fraction of sp³-hybridized carbons (Fsp3) is 0.478. The highest BCUT2D eigenvalue weighted by molar-refractivity contribution is 8.00. The molecule has 2 aromatic rings. The van der Waals surface area contributed by atoms with E-state index in [9.17, 15) is 14.4 Å². The summed E-state index contributed by atoms with van der Waals surface area (Å²) in [5, 5.41) is 13.4. The van der Waals surface area contributed by atoms with E-state index in [-0.39, 0.29) is 17.7 Å². The van der Waals surface area contributed by atoms with Gasteiger partial charge in [-0.3, -0.25) is 19.9 Å². The number of thiophene rings is 1. The lowest BCUT2D eigenvalue weighted by Crippen LogP contribution is -2.57. The molecule has 0 radical (unpaired) electrons. The number of ketones is 1. The third-order valence-electron chi connectivity index (χ3n) is 5.87. The van der Waals surface area contributed by atoms with Crippen molar-refractivity contribution in [3.63, 3.8) is 0 Å². The van der Waals surface area contributed by atoms with Crippen LogP contribution in [0.3, 0.4) is 0 Å². The Morgan fingerprint density at radius 1 is 1.33 bits per heavy atom. The number of fused-ring (bicyclic) bond motifs is 1. The number of carbonyl (C=O) groups excluding carboxylic acids is 3. The minimum Gasteiger partial charge on any atom is -0.338 e. The van der Waals surface area contributed by atoms with Crippen LogP contribution in [0.4, 0.5) is 9.80 Å². The molecule has 2 unspecified atom stereocenters. The van der Waals surface area contributed by atoms with E-state index in [1.807, 2.05) is 31.2 Å². The predicted octanol–water partition coefficient (Wildman–Crippen LogP) is 3.24. The minimum atomic E-state index is -1.12. The van der Waals surface area contributed by atoms with E-state index in [2.05, 4.69) is 35.1 Å². The number of aliphatic imine (C=N–C) groups is 1. The van der Waals surface area contributed by atoms with E-state index >= 15 is 0 Å². The van der Waals surface area contributed by atoms with Crippen molar-refractivity contribution in [2.24, 2.45) is 10.9 Å². The largest absolute Gasteiger partial charge is 0.338 e. The van der Waals surface area contributed by atoms with Gasteiger partial charge in [0.1, 0.15) is 10.8 Å². The topological polar surface area (TPSA) is 112 Å². The number of benzene rings is 1. The second kappa shape index (κ2) is 9.82. The van der Waals surface area contributed by atoms with Crippen molar-refractivity contribution in [2.75, 3.05) is 30.7 Å².